The molecule has 2 heterocycles. The van der Waals surface area contributed by atoms with Gasteiger partial charge in [-0.05, 0) is 59.3 Å². The molecule has 31 heavy (non-hydrogen) atoms. The molecular weight excluding hydrogens is 388 g/mol. The number of fused-ring (bicyclic) bond motifs is 2. The lowest BCUT2D eigenvalue weighted by Gasteiger charge is -2.29. The average Bonchev–Trinajstić information content (AvgIpc) is 2.80. The van der Waals surface area contributed by atoms with Crippen LogP contribution in [0.3, 0.4) is 0 Å². The van der Waals surface area contributed by atoms with Gasteiger partial charge in [-0.1, -0.05) is 36.4 Å². The van der Waals surface area contributed by atoms with Gasteiger partial charge in [-0.15, -0.1) is 0 Å². The highest BCUT2D eigenvalue weighted by Gasteiger charge is 2.16. The van der Waals surface area contributed by atoms with Crippen molar-refractivity contribution in [2.24, 2.45) is 0 Å². The van der Waals surface area contributed by atoms with Crippen LogP contribution in [-0.2, 0) is 6.54 Å². The van der Waals surface area contributed by atoms with E-state index in [1.54, 1.807) is 19.2 Å². The van der Waals surface area contributed by atoms with Gasteiger partial charge in [-0.25, -0.2) is 4.79 Å². The lowest BCUT2D eigenvalue weighted by Crippen LogP contribution is -2.30. The highest BCUT2D eigenvalue weighted by Crippen LogP contribution is 2.27. The molecule has 0 amide bonds. The second-order valence-electron chi connectivity index (χ2n) is 7.87. The smallest absolute Gasteiger partial charge is 0.338 e. The van der Waals surface area contributed by atoms with Gasteiger partial charge in [0.05, 0.1) is 12.8 Å². The summed E-state index contributed by atoms with van der Waals surface area (Å²) in [5.41, 5.74) is 2.25. The molecule has 1 N–H and O–H groups in total. The van der Waals surface area contributed by atoms with Crippen LogP contribution in [0.2, 0.25) is 0 Å². The summed E-state index contributed by atoms with van der Waals surface area (Å²) >= 11 is 0. The summed E-state index contributed by atoms with van der Waals surface area (Å²) in [7, 11) is 1.63. The fourth-order valence-corrected chi connectivity index (χ4v) is 4.11. The molecule has 4 aromatic rings. The van der Waals surface area contributed by atoms with Crippen molar-refractivity contribution in [3.63, 3.8) is 0 Å². The minimum absolute atomic E-state index is 0.143. The molecule has 0 aliphatic carbocycles. The van der Waals surface area contributed by atoms with E-state index in [9.17, 15) is 4.79 Å². The van der Waals surface area contributed by atoms with Gasteiger partial charge in [0.2, 0.25) is 0 Å². The van der Waals surface area contributed by atoms with Crippen molar-refractivity contribution in [1.29, 1.82) is 0 Å². The van der Waals surface area contributed by atoms with E-state index in [-0.39, 0.29) is 11.7 Å². The quantitative estimate of drug-likeness (QED) is 0.459. The Hall–Kier alpha value is -3.73. The summed E-state index contributed by atoms with van der Waals surface area (Å²) in [6, 6.07) is 22.2. The Morgan fingerprint density at radius 2 is 1.94 bits per heavy atom. The van der Waals surface area contributed by atoms with E-state index in [0.29, 0.717) is 5.58 Å². The molecule has 156 valence electrons. The zero-order valence-corrected chi connectivity index (χ0v) is 17.4. The monoisotopic (exact) mass is 412 g/mol. The van der Waals surface area contributed by atoms with Crippen molar-refractivity contribution >= 4 is 27.4 Å². The molecule has 0 radical (unpaired) electrons. The second kappa shape index (κ2) is 8.19. The predicted octanol–water partition coefficient (Wildman–Crippen LogP) is 5.15. The van der Waals surface area contributed by atoms with Gasteiger partial charge in [0.15, 0.2) is 0 Å². The lowest BCUT2D eigenvalue weighted by atomic mass is 10.1. The van der Waals surface area contributed by atoms with E-state index in [0.717, 1.165) is 36.3 Å². The van der Waals surface area contributed by atoms with Gasteiger partial charge in [0.25, 0.3) is 0 Å². The van der Waals surface area contributed by atoms with Crippen LogP contribution < -0.4 is 15.7 Å². The van der Waals surface area contributed by atoms with Crippen LogP contribution >= 0.6 is 0 Å². The summed E-state index contributed by atoms with van der Waals surface area (Å²) < 4.78 is 10.7. The topological polar surface area (TPSA) is 54.7 Å². The van der Waals surface area contributed by atoms with Gasteiger partial charge >= 0.3 is 5.63 Å². The van der Waals surface area contributed by atoms with E-state index in [1.807, 2.05) is 6.07 Å². The Kier molecular flexibility index (Phi) is 5.08. The Labute approximate surface area is 180 Å². The Bertz CT molecular complexity index is 1330. The highest BCUT2D eigenvalue weighted by atomic mass is 16.5. The fraction of sp³-hybridized carbons (Fsp3) is 0.192. The summed E-state index contributed by atoms with van der Waals surface area (Å²) in [5, 5.41) is 6.87. The van der Waals surface area contributed by atoms with Crippen LogP contribution in [0.25, 0.3) is 21.7 Å². The molecule has 5 rings (SSSR count). The normalized spacial score (nSPS) is 16.0. The zero-order valence-electron chi connectivity index (χ0n) is 17.4. The first-order chi connectivity index (χ1) is 15.2. The number of ether oxygens (including phenoxy) is 1. The van der Waals surface area contributed by atoms with Crippen molar-refractivity contribution in [2.75, 3.05) is 19.0 Å². The lowest BCUT2D eigenvalue weighted by molar-refractivity contribution is 0.341. The van der Waals surface area contributed by atoms with Crippen LogP contribution in [-0.4, -0.2) is 24.6 Å². The minimum atomic E-state index is -0.363. The number of nitrogens with zero attached hydrogens (tertiary/aromatic N) is 1. The minimum Gasteiger partial charge on any atom is -0.497 e. The maximum atomic E-state index is 12.0. The van der Waals surface area contributed by atoms with Gasteiger partial charge < -0.3 is 19.4 Å². The Balaban J connectivity index is 1.31. The predicted molar refractivity (Wildman–Crippen MR) is 125 cm³/mol. The first-order valence-electron chi connectivity index (χ1n) is 10.5. The molecular formula is C26H24N2O3. The highest BCUT2D eigenvalue weighted by molar-refractivity contribution is 5.91. The molecule has 3 aromatic carbocycles. The molecule has 0 spiro atoms. The van der Waals surface area contributed by atoms with Gasteiger partial charge in [0.1, 0.15) is 11.3 Å². The molecule has 0 saturated heterocycles. The van der Waals surface area contributed by atoms with Crippen LogP contribution in [0.1, 0.15) is 12.0 Å². The van der Waals surface area contributed by atoms with Crippen molar-refractivity contribution < 1.29 is 9.15 Å². The van der Waals surface area contributed by atoms with Crippen LogP contribution in [0.15, 0.2) is 88.2 Å². The van der Waals surface area contributed by atoms with E-state index in [2.05, 4.69) is 65.0 Å². The first kappa shape index (κ1) is 19.2. The molecule has 1 atom stereocenters. The van der Waals surface area contributed by atoms with Crippen molar-refractivity contribution in [2.45, 2.75) is 19.0 Å². The summed E-state index contributed by atoms with van der Waals surface area (Å²) in [4.78, 5) is 14.3. The zero-order chi connectivity index (χ0) is 21.2. The standard InChI is InChI=1S/C26H24N2O3/c1-30-22-8-9-25-23(15-22)24(16-26(29)31-25)27-21-10-12-28(13-11-21)17-18-6-7-19-4-2-3-5-20(19)14-18/h2-10,12,14-16,21,27H,11,13,17H2,1H3. The van der Waals surface area contributed by atoms with Crippen molar-refractivity contribution in [3.8, 4) is 5.75 Å². The first-order valence-corrected chi connectivity index (χ1v) is 10.5. The number of anilines is 1. The number of hydrogen-bond donors (Lipinski definition) is 1. The number of methoxy groups -OCH3 is 1. The van der Waals surface area contributed by atoms with Crippen molar-refractivity contribution in [3.05, 3.63) is 95.0 Å². The molecule has 0 fully saturated rings. The van der Waals surface area contributed by atoms with E-state index in [4.69, 9.17) is 9.15 Å². The maximum absolute atomic E-state index is 12.0. The molecule has 0 saturated carbocycles. The summed E-state index contributed by atoms with van der Waals surface area (Å²) in [5.74, 6) is 0.727. The third-order valence-electron chi connectivity index (χ3n) is 5.75. The molecule has 5 nitrogen and oxygen atoms in total. The average molecular weight is 412 g/mol. The molecule has 1 unspecified atom stereocenters. The van der Waals surface area contributed by atoms with E-state index < -0.39 is 0 Å². The molecule has 1 aliphatic rings. The number of hydrogen-bond acceptors (Lipinski definition) is 5. The van der Waals surface area contributed by atoms with Crippen LogP contribution in [0.5, 0.6) is 5.75 Å². The fourth-order valence-electron chi connectivity index (χ4n) is 4.11. The molecule has 1 aliphatic heterocycles. The molecule has 5 heteroatoms. The Morgan fingerprint density at radius 3 is 2.74 bits per heavy atom. The third-order valence-corrected chi connectivity index (χ3v) is 5.75. The van der Waals surface area contributed by atoms with Crippen molar-refractivity contribution in [1.82, 2.24) is 4.90 Å². The molecule has 0 bridgehead atoms. The number of nitrogens with one attached hydrogen (secondary N) is 1. The Morgan fingerprint density at radius 1 is 1.06 bits per heavy atom. The largest absolute Gasteiger partial charge is 0.497 e. The van der Waals surface area contributed by atoms with Crippen LogP contribution in [0.4, 0.5) is 5.69 Å². The summed E-state index contributed by atoms with van der Waals surface area (Å²) in [6.07, 6.45) is 5.24. The third kappa shape index (κ3) is 4.12. The van der Waals surface area contributed by atoms with E-state index in [1.165, 1.54) is 22.4 Å². The maximum Gasteiger partial charge on any atom is 0.338 e. The number of rotatable bonds is 5. The van der Waals surface area contributed by atoms with Gasteiger partial charge in [-0.2, -0.15) is 0 Å². The van der Waals surface area contributed by atoms with Crippen LogP contribution in [0, 0.1) is 0 Å². The molecule has 1 aromatic heterocycles. The second-order valence-corrected chi connectivity index (χ2v) is 7.87. The SMILES string of the molecule is COc1ccc2oc(=O)cc(NC3C=CN(Cc4ccc5ccccc5c4)CC3)c2c1. The number of benzene rings is 3. The summed E-state index contributed by atoms with van der Waals surface area (Å²) in [6.45, 7) is 1.81. The van der Waals surface area contributed by atoms with Gasteiger partial charge in [0, 0.05) is 30.6 Å². The van der Waals surface area contributed by atoms with E-state index >= 15 is 0 Å². The van der Waals surface area contributed by atoms with Gasteiger partial charge in [-0.3, -0.25) is 0 Å².